The molecule has 74 valence electrons. The molecule has 0 bridgehead atoms. The summed E-state index contributed by atoms with van der Waals surface area (Å²) in [6, 6.07) is 0. The van der Waals surface area contributed by atoms with Crippen molar-refractivity contribution in [2.75, 3.05) is 0 Å². The Kier molecular flexibility index (Phi) is 4.00. The Labute approximate surface area is 80.0 Å². The molecule has 0 spiro atoms. The van der Waals surface area contributed by atoms with Crippen molar-refractivity contribution in [3.8, 4) is 0 Å². The van der Waals surface area contributed by atoms with Gasteiger partial charge in [-0.2, -0.15) is 0 Å². The van der Waals surface area contributed by atoms with Gasteiger partial charge >= 0.3 is 5.97 Å². The zero-order chi connectivity index (χ0) is 9.68. The minimum atomic E-state index is -0.107. The number of carbonyl (C=O) groups is 1. The average Bonchev–Trinajstić information content (AvgIpc) is 2.39. The van der Waals surface area contributed by atoms with Gasteiger partial charge in [-0.25, -0.2) is 4.79 Å². The number of rotatable bonds is 5. The van der Waals surface area contributed by atoms with Crippen LogP contribution >= 0.6 is 0 Å². The van der Waals surface area contributed by atoms with Gasteiger partial charge in [-0.05, 0) is 25.8 Å². The fourth-order valence-electron chi connectivity index (χ4n) is 1.56. The first-order valence-corrected chi connectivity index (χ1v) is 5.15. The molecule has 2 heteroatoms. The monoisotopic (exact) mass is 182 g/mol. The first-order valence-electron chi connectivity index (χ1n) is 5.15. The minimum absolute atomic E-state index is 0.00586. The maximum atomic E-state index is 11.2. The third kappa shape index (κ3) is 3.21. The molecule has 1 rings (SSSR count). The maximum absolute atomic E-state index is 11.2. The summed E-state index contributed by atoms with van der Waals surface area (Å²) >= 11 is 0. The molecule has 0 unspecified atom stereocenters. The second-order valence-corrected chi connectivity index (χ2v) is 3.61. The quantitative estimate of drug-likeness (QED) is 0.482. The second-order valence-electron chi connectivity index (χ2n) is 3.61. The summed E-state index contributed by atoms with van der Waals surface area (Å²) < 4.78 is 5.00. The molecule has 13 heavy (non-hydrogen) atoms. The van der Waals surface area contributed by atoms with Gasteiger partial charge in [0.2, 0.25) is 0 Å². The largest absolute Gasteiger partial charge is 0.455 e. The van der Waals surface area contributed by atoms with Gasteiger partial charge in [0, 0.05) is 5.57 Å². The van der Waals surface area contributed by atoms with Crippen LogP contribution in [0.25, 0.3) is 0 Å². The summed E-state index contributed by atoms with van der Waals surface area (Å²) in [5.41, 5.74) is 0.878. The van der Waals surface area contributed by atoms with Gasteiger partial charge in [0.25, 0.3) is 0 Å². The number of hydrogen-bond donors (Lipinski definition) is 0. The Morgan fingerprint density at radius 2 is 2.15 bits per heavy atom. The average molecular weight is 182 g/mol. The Hall–Kier alpha value is -0.790. The van der Waals surface area contributed by atoms with E-state index in [2.05, 4.69) is 6.92 Å². The number of ether oxygens (including phenoxy) is 1. The molecule has 1 heterocycles. The normalized spacial score (nSPS) is 21.5. The number of cyclic esters (lactones) is 1. The smallest absolute Gasteiger partial charge is 0.334 e. The molecular formula is C11H18O2. The molecule has 0 fully saturated rings. The third-order valence-electron chi connectivity index (χ3n) is 2.29. The number of hydrogen-bond acceptors (Lipinski definition) is 2. The van der Waals surface area contributed by atoms with Crippen LogP contribution < -0.4 is 0 Å². The third-order valence-corrected chi connectivity index (χ3v) is 2.29. The molecule has 2 nitrogen and oxygen atoms in total. The maximum Gasteiger partial charge on any atom is 0.334 e. The predicted molar refractivity (Wildman–Crippen MR) is 52.4 cm³/mol. The first-order chi connectivity index (χ1) is 6.24. The van der Waals surface area contributed by atoms with Crippen molar-refractivity contribution in [2.24, 2.45) is 0 Å². The van der Waals surface area contributed by atoms with Crippen LogP contribution in [0.3, 0.4) is 0 Å². The molecule has 1 aliphatic heterocycles. The zero-order valence-corrected chi connectivity index (χ0v) is 8.51. The molecule has 0 saturated carbocycles. The standard InChI is InChI=1S/C11H18O2/c1-3-4-5-6-7-10-8-9(2)13-11(10)12/h8-9H,3-7H2,1-2H3/t9-/m1/s1. The van der Waals surface area contributed by atoms with Crippen LogP contribution in [-0.4, -0.2) is 12.1 Å². The fraction of sp³-hybridized carbons (Fsp3) is 0.727. The molecule has 0 saturated heterocycles. The SMILES string of the molecule is CCCCCCC1=C[C@@H](C)OC1=O. The molecule has 0 amide bonds. The number of esters is 1. The van der Waals surface area contributed by atoms with Crippen LogP contribution in [-0.2, 0) is 9.53 Å². The van der Waals surface area contributed by atoms with Gasteiger partial charge in [-0.1, -0.05) is 26.2 Å². The van der Waals surface area contributed by atoms with E-state index in [-0.39, 0.29) is 12.1 Å². The predicted octanol–water partition coefficient (Wildman–Crippen LogP) is 2.83. The first kappa shape index (κ1) is 10.3. The van der Waals surface area contributed by atoms with Gasteiger partial charge < -0.3 is 4.74 Å². The lowest BCUT2D eigenvalue weighted by Gasteiger charge is -1.99. The lowest BCUT2D eigenvalue weighted by molar-refractivity contribution is -0.139. The van der Waals surface area contributed by atoms with Gasteiger partial charge in [0.1, 0.15) is 6.10 Å². The lowest BCUT2D eigenvalue weighted by atomic mass is 10.1. The van der Waals surface area contributed by atoms with Crippen molar-refractivity contribution >= 4 is 5.97 Å². The Balaban J connectivity index is 2.21. The van der Waals surface area contributed by atoms with Gasteiger partial charge in [0.05, 0.1) is 0 Å². The van der Waals surface area contributed by atoms with Crippen LogP contribution in [0.1, 0.15) is 46.0 Å². The van der Waals surface area contributed by atoms with Crippen molar-refractivity contribution in [3.63, 3.8) is 0 Å². The molecule has 0 aliphatic carbocycles. The summed E-state index contributed by atoms with van der Waals surface area (Å²) in [5, 5.41) is 0. The molecule has 0 aromatic rings. The Morgan fingerprint density at radius 1 is 1.38 bits per heavy atom. The highest BCUT2D eigenvalue weighted by Gasteiger charge is 2.20. The molecule has 0 aromatic carbocycles. The van der Waals surface area contributed by atoms with E-state index in [1.54, 1.807) is 0 Å². The number of carbonyl (C=O) groups excluding carboxylic acids is 1. The fourth-order valence-corrected chi connectivity index (χ4v) is 1.56. The summed E-state index contributed by atoms with van der Waals surface area (Å²) in [7, 11) is 0. The van der Waals surface area contributed by atoms with Crippen molar-refractivity contribution in [1.29, 1.82) is 0 Å². The zero-order valence-electron chi connectivity index (χ0n) is 8.51. The summed E-state index contributed by atoms with van der Waals surface area (Å²) in [6.45, 7) is 4.09. The van der Waals surface area contributed by atoms with Crippen LogP contribution in [0, 0.1) is 0 Å². The van der Waals surface area contributed by atoms with E-state index in [1.165, 1.54) is 19.3 Å². The van der Waals surface area contributed by atoms with Gasteiger partial charge in [-0.3, -0.25) is 0 Å². The van der Waals surface area contributed by atoms with E-state index in [9.17, 15) is 4.79 Å². The van der Waals surface area contributed by atoms with Crippen molar-refractivity contribution in [2.45, 2.75) is 52.1 Å². The highest BCUT2D eigenvalue weighted by atomic mass is 16.5. The van der Waals surface area contributed by atoms with Crippen molar-refractivity contribution < 1.29 is 9.53 Å². The van der Waals surface area contributed by atoms with Gasteiger partial charge in [0.15, 0.2) is 0 Å². The van der Waals surface area contributed by atoms with Crippen LogP contribution in [0.2, 0.25) is 0 Å². The van der Waals surface area contributed by atoms with E-state index >= 15 is 0 Å². The molecular weight excluding hydrogens is 164 g/mol. The van der Waals surface area contributed by atoms with E-state index < -0.39 is 0 Å². The lowest BCUT2D eigenvalue weighted by Crippen LogP contribution is -2.03. The molecule has 1 aliphatic rings. The van der Waals surface area contributed by atoms with Crippen LogP contribution in [0.4, 0.5) is 0 Å². The van der Waals surface area contributed by atoms with Crippen molar-refractivity contribution in [3.05, 3.63) is 11.6 Å². The molecule has 0 aromatic heterocycles. The van der Waals surface area contributed by atoms with E-state index in [0.29, 0.717) is 0 Å². The van der Waals surface area contributed by atoms with E-state index in [0.717, 1.165) is 18.4 Å². The molecule has 1 atom stereocenters. The molecule has 0 radical (unpaired) electrons. The summed E-state index contributed by atoms with van der Waals surface area (Å²) in [4.78, 5) is 11.2. The van der Waals surface area contributed by atoms with Crippen LogP contribution in [0.15, 0.2) is 11.6 Å². The number of unbranched alkanes of at least 4 members (excludes halogenated alkanes) is 3. The van der Waals surface area contributed by atoms with E-state index in [4.69, 9.17) is 4.74 Å². The summed E-state index contributed by atoms with van der Waals surface area (Å²) in [6.07, 6.45) is 7.65. The summed E-state index contributed by atoms with van der Waals surface area (Å²) in [5.74, 6) is -0.107. The second kappa shape index (κ2) is 5.05. The van der Waals surface area contributed by atoms with Crippen molar-refractivity contribution in [1.82, 2.24) is 0 Å². The van der Waals surface area contributed by atoms with Gasteiger partial charge in [-0.15, -0.1) is 0 Å². The topological polar surface area (TPSA) is 26.3 Å². The highest BCUT2D eigenvalue weighted by molar-refractivity contribution is 5.90. The highest BCUT2D eigenvalue weighted by Crippen LogP contribution is 2.19. The minimum Gasteiger partial charge on any atom is -0.455 e. The van der Waals surface area contributed by atoms with E-state index in [1.807, 2.05) is 13.0 Å². The van der Waals surface area contributed by atoms with Crippen LogP contribution in [0.5, 0.6) is 0 Å². The Bertz CT molecular complexity index is 206. The Morgan fingerprint density at radius 3 is 2.69 bits per heavy atom. The molecule has 0 N–H and O–H groups in total.